The second-order valence-electron chi connectivity index (χ2n) is 10.1. The zero-order chi connectivity index (χ0) is 25.7. The van der Waals surface area contributed by atoms with Crippen molar-refractivity contribution in [3.8, 4) is 0 Å². The summed E-state index contributed by atoms with van der Waals surface area (Å²) in [5.41, 5.74) is 0.0717. The molecule has 0 saturated carbocycles. The zero-order valence-corrected chi connectivity index (χ0v) is 22.1. The fourth-order valence-corrected chi connectivity index (χ4v) is 3.62. The molecular formula is C27H45N3O4. The summed E-state index contributed by atoms with van der Waals surface area (Å²) in [6.07, 6.45) is 3.89. The van der Waals surface area contributed by atoms with Gasteiger partial charge in [0.2, 0.25) is 11.8 Å². The Labute approximate surface area is 206 Å². The van der Waals surface area contributed by atoms with Gasteiger partial charge in [-0.05, 0) is 45.1 Å². The first-order valence-corrected chi connectivity index (χ1v) is 12.6. The highest BCUT2D eigenvalue weighted by Crippen LogP contribution is 2.24. The van der Waals surface area contributed by atoms with Crippen molar-refractivity contribution in [1.29, 1.82) is 0 Å². The van der Waals surface area contributed by atoms with Gasteiger partial charge >= 0.3 is 6.09 Å². The number of ether oxygens (including phenoxy) is 1. The molecule has 7 nitrogen and oxygen atoms in total. The lowest BCUT2D eigenvalue weighted by Gasteiger charge is -2.35. The third-order valence-electron chi connectivity index (χ3n) is 5.40. The molecule has 7 heteroatoms. The van der Waals surface area contributed by atoms with Crippen LogP contribution in [0.25, 0.3) is 0 Å². The van der Waals surface area contributed by atoms with E-state index in [9.17, 15) is 14.4 Å². The molecule has 0 aromatic heterocycles. The SMILES string of the molecule is CCCCCN(C(=O)C(NC(=O)OC(C)(C)C)C(C)C)C(C(=O)NCCCC)c1ccccc1. The van der Waals surface area contributed by atoms with Crippen molar-refractivity contribution in [1.82, 2.24) is 15.5 Å². The molecule has 0 radical (unpaired) electrons. The molecule has 0 fully saturated rings. The molecule has 3 amide bonds. The van der Waals surface area contributed by atoms with Crippen molar-refractivity contribution in [3.05, 3.63) is 35.9 Å². The Hall–Kier alpha value is -2.57. The Morgan fingerprint density at radius 1 is 0.971 bits per heavy atom. The van der Waals surface area contributed by atoms with Crippen LogP contribution in [-0.4, -0.2) is 47.5 Å². The van der Waals surface area contributed by atoms with Gasteiger partial charge in [-0.2, -0.15) is 0 Å². The van der Waals surface area contributed by atoms with Gasteiger partial charge < -0.3 is 20.3 Å². The van der Waals surface area contributed by atoms with Crippen LogP contribution < -0.4 is 10.6 Å². The molecule has 1 aromatic carbocycles. The van der Waals surface area contributed by atoms with Gasteiger partial charge in [0.15, 0.2) is 0 Å². The summed E-state index contributed by atoms with van der Waals surface area (Å²) in [5, 5.41) is 5.76. The molecule has 0 aliphatic rings. The number of carbonyl (C=O) groups excluding carboxylic acids is 3. The third kappa shape index (κ3) is 10.1. The maximum absolute atomic E-state index is 13.9. The number of unbranched alkanes of at least 4 members (excludes halogenated alkanes) is 3. The fraction of sp³-hybridized carbons (Fsp3) is 0.667. The van der Waals surface area contributed by atoms with E-state index in [4.69, 9.17) is 4.74 Å². The van der Waals surface area contributed by atoms with E-state index in [1.54, 1.807) is 25.7 Å². The van der Waals surface area contributed by atoms with Crippen molar-refractivity contribution in [2.24, 2.45) is 5.92 Å². The average Bonchev–Trinajstić information content (AvgIpc) is 2.76. The topological polar surface area (TPSA) is 87.7 Å². The van der Waals surface area contributed by atoms with E-state index >= 15 is 0 Å². The molecule has 34 heavy (non-hydrogen) atoms. The Kier molecular flexibility index (Phi) is 12.7. The zero-order valence-electron chi connectivity index (χ0n) is 22.1. The maximum atomic E-state index is 13.9. The summed E-state index contributed by atoms with van der Waals surface area (Å²) in [5.74, 6) is -0.672. The van der Waals surface area contributed by atoms with E-state index in [-0.39, 0.29) is 17.7 Å². The number of alkyl carbamates (subject to hydrolysis) is 1. The molecule has 0 spiro atoms. The minimum absolute atomic E-state index is 0.187. The number of amides is 3. The largest absolute Gasteiger partial charge is 0.444 e. The number of nitrogens with zero attached hydrogens (tertiary/aromatic N) is 1. The molecule has 1 rings (SSSR count). The summed E-state index contributed by atoms with van der Waals surface area (Å²) in [4.78, 5) is 41.4. The molecular weight excluding hydrogens is 430 g/mol. The number of carbonyl (C=O) groups is 3. The third-order valence-corrected chi connectivity index (χ3v) is 5.40. The molecule has 2 atom stereocenters. The summed E-state index contributed by atoms with van der Waals surface area (Å²) in [7, 11) is 0. The van der Waals surface area contributed by atoms with Crippen molar-refractivity contribution in [3.63, 3.8) is 0 Å². The summed E-state index contributed by atoms with van der Waals surface area (Å²) >= 11 is 0. The smallest absolute Gasteiger partial charge is 0.408 e. The first-order chi connectivity index (χ1) is 16.0. The molecule has 0 saturated heterocycles. The van der Waals surface area contributed by atoms with Crippen LogP contribution in [0.5, 0.6) is 0 Å². The highest BCUT2D eigenvalue weighted by Gasteiger charge is 2.37. The van der Waals surface area contributed by atoms with Crippen LogP contribution in [0.1, 0.15) is 92.2 Å². The fourth-order valence-electron chi connectivity index (χ4n) is 3.62. The van der Waals surface area contributed by atoms with Gasteiger partial charge in [0.25, 0.3) is 0 Å². The predicted molar refractivity (Wildman–Crippen MR) is 136 cm³/mol. The Morgan fingerprint density at radius 3 is 2.12 bits per heavy atom. The number of benzene rings is 1. The quantitative estimate of drug-likeness (QED) is 0.383. The average molecular weight is 476 g/mol. The molecule has 192 valence electrons. The Balaban J connectivity index is 3.33. The molecule has 0 bridgehead atoms. The highest BCUT2D eigenvalue weighted by molar-refractivity contribution is 5.92. The lowest BCUT2D eigenvalue weighted by atomic mass is 9.98. The number of hydrogen-bond donors (Lipinski definition) is 2. The van der Waals surface area contributed by atoms with Crippen LogP contribution in [0.2, 0.25) is 0 Å². The molecule has 0 heterocycles. The monoisotopic (exact) mass is 475 g/mol. The highest BCUT2D eigenvalue weighted by atomic mass is 16.6. The van der Waals surface area contributed by atoms with Gasteiger partial charge in [-0.1, -0.05) is 77.3 Å². The molecule has 2 N–H and O–H groups in total. The van der Waals surface area contributed by atoms with Crippen molar-refractivity contribution >= 4 is 17.9 Å². The first kappa shape index (κ1) is 29.5. The van der Waals surface area contributed by atoms with Crippen LogP contribution in [0.15, 0.2) is 30.3 Å². The second kappa shape index (κ2) is 14.6. The van der Waals surface area contributed by atoms with E-state index in [2.05, 4.69) is 24.5 Å². The summed E-state index contributed by atoms with van der Waals surface area (Å²) in [6, 6.07) is 7.78. The number of rotatable bonds is 13. The number of hydrogen-bond acceptors (Lipinski definition) is 4. The first-order valence-electron chi connectivity index (χ1n) is 12.6. The van der Waals surface area contributed by atoms with Crippen molar-refractivity contribution in [2.45, 2.75) is 98.3 Å². The van der Waals surface area contributed by atoms with Gasteiger partial charge in [0.1, 0.15) is 17.7 Å². The maximum Gasteiger partial charge on any atom is 0.408 e. The Morgan fingerprint density at radius 2 is 1.59 bits per heavy atom. The lowest BCUT2D eigenvalue weighted by Crippen LogP contribution is -2.55. The second-order valence-corrected chi connectivity index (χ2v) is 10.1. The molecule has 1 aromatic rings. The standard InChI is InChI=1S/C27H45N3O4/c1-8-10-15-19-30(25(32)22(20(3)4)29-26(33)34-27(5,6)7)23(21-16-13-12-14-17-21)24(31)28-18-11-9-2/h12-14,16-17,20,22-23H,8-11,15,18-19H2,1-7H3,(H,28,31)(H,29,33). The lowest BCUT2D eigenvalue weighted by molar-refractivity contribution is -0.143. The molecule has 0 aliphatic heterocycles. The van der Waals surface area contributed by atoms with Gasteiger partial charge in [-0.15, -0.1) is 0 Å². The van der Waals surface area contributed by atoms with Gasteiger partial charge in [-0.3, -0.25) is 9.59 Å². The molecule has 2 unspecified atom stereocenters. The summed E-state index contributed by atoms with van der Waals surface area (Å²) < 4.78 is 5.40. The van der Waals surface area contributed by atoms with E-state index in [0.29, 0.717) is 13.1 Å². The molecule has 0 aliphatic carbocycles. The van der Waals surface area contributed by atoms with E-state index in [0.717, 1.165) is 37.7 Å². The minimum Gasteiger partial charge on any atom is -0.444 e. The van der Waals surface area contributed by atoms with Crippen LogP contribution in [-0.2, 0) is 14.3 Å². The van der Waals surface area contributed by atoms with Crippen LogP contribution in [0.4, 0.5) is 4.79 Å². The van der Waals surface area contributed by atoms with Crippen molar-refractivity contribution in [2.75, 3.05) is 13.1 Å². The normalized spacial score (nSPS) is 13.2. The Bertz CT molecular complexity index is 759. The van der Waals surface area contributed by atoms with Gasteiger partial charge in [0, 0.05) is 13.1 Å². The van der Waals surface area contributed by atoms with Gasteiger partial charge in [-0.25, -0.2) is 4.79 Å². The van der Waals surface area contributed by atoms with E-state index in [1.807, 2.05) is 44.2 Å². The minimum atomic E-state index is -0.814. The van der Waals surface area contributed by atoms with Crippen LogP contribution >= 0.6 is 0 Å². The number of nitrogens with one attached hydrogen (secondary N) is 2. The van der Waals surface area contributed by atoms with E-state index < -0.39 is 23.8 Å². The van der Waals surface area contributed by atoms with Crippen LogP contribution in [0, 0.1) is 5.92 Å². The van der Waals surface area contributed by atoms with Crippen molar-refractivity contribution < 1.29 is 19.1 Å². The van der Waals surface area contributed by atoms with Gasteiger partial charge in [0.05, 0.1) is 0 Å². The summed E-state index contributed by atoms with van der Waals surface area (Å²) in [6.45, 7) is 14.2. The van der Waals surface area contributed by atoms with Crippen LogP contribution in [0.3, 0.4) is 0 Å². The predicted octanol–water partition coefficient (Wildman–Crippen LogP) is 5.21. The van der Waals surface area contributed by atoms with E-state index in [1.165, 1.54) is 0 Å².